The molecule has 2 atom stereocenters. The number of hydrogen-bond donors (Lipinski definition) is 2. The number of nitrogens with one attached hydrogen (secondary N) is 2. The lowest BCUT2D eigenvalue weighted by Gasteiger charge is -2.21. The van der Waals surface area contributed by atoms with E-state index in [1.807, 2.05) is 18.7 Å². The molecule has 0 bridgehead atoms. The van der Waals surface area contributed by atoms with E-state index in [0.717, 1.165) is 25.5 Å². The Bertz CT molecular complexity index is 471. The first kappa shape index (κ1) is 16.9. The smallest absolute Gasteiger partial charge is 0.191 e. The van der Waals surface area contributed by atoms with Crippen LogP contribution < -0.4 is 10.6 Å². The first-order chi connectivity index (χ1) is 9.92. The zero-order valence-corrected chi connectivity index (χ0v) is 14.7. The summed E-state index contributed by atoms with van der Waals surface area (Å²) in [4.78, 5) is 4.69. The third kappa shape index (κ3) is 5.36. The van der Waals surface area contributed by atoms with E-state index in [1.54, 1.807) is 0 Å². The van der Waals surface area contributed by atoms with Crippen molar-refractivity contribution in [1.29, 1.82) is 0 Å². The van der Waals surface area contributed by atoms with E-state index >= 15 is 0 Å². The quantitative estimate of drug-likeness (QED) is 0.585. The molecule has 21 heavy (non-hydrogen) atoms. The van der Waals surface area contributed by atoms with Gasteiger partial charge in [-0.25, -0.2) is 8.42 Å². The summed E-state index contributed by atoms with van der Waals surface area (Å²) in [5.41, 5.74) is 0. The maximum absolute atomic E-state index is 11.5. The van der Waals surface area contributed by atoms with Crippen LogP contribution in [0.15, 0.2) is 4.99 Å². The van der Waals surface area contributed by atoms with Crippen molar-refractivity contribution in [2.45, 2.75) is 37.9 Å². The van der Waals surface area contributed by atoms with Gasteiger partial charge in [0.05, 0.1) is 18.1 Å². The minimum atomic E-state index is -2.79. The molecule has 7 heteroatoms. The van der Waals surface area contributed by atoms with Gasteiger partial charge in [0.25, 0.3) is 0 Å². The Morgan fingerprint density at radius 3 is 2.81 bits per heavy atom. The molecule has 2 fully saturated rings. The molecule has 2 saturated heterocycles. The molecule has 2 heterocycles. The highest BCUT2D eigenvalue weighted by atomic mass is 32.2. The predicted octanol–water partition coefficient (Wildman–Crippen LogP) is 1.26. The van der Waals surface area contributed by atoms with Crippen molar-refractivity contribution in [3.05, 3.63) is 0 Å². The number of thioether (sulfide) groups is 1. The van der Waals surface area contributed by atoms with Crippen molar-refractivity contribution in [3.63, 3.8) is 0 Å². The molecule has 2 N–H and O–H groups in total. The molecular weight excluding hydrogens is 306 g/mol. The molecule has 0 aromatic carbocycles. The highest BCUT2D eigenvalue weighted by Gasteiger charge is 2.30. The molecular formula is C14H27N3O2S2. The third-order valence-corrected chi connectivity index (χ3v) is 7.46. The van der Waals surface area contributed by atoms with Crippen LogP contribution in [0.2, 0.25) is 0 Å². The molecule has 5 nitrogen and oxygen atoms in total. The lowest BCUT2D eigenvalue weighted by Crippen LogP contribution is -2.41. The van der Waals surface area contributed by atoms with Gasteiger partial charge in [-0.2, -0.15) is 11.8 Å². The topological polar surface area (TPSA) is 70.6 Å². The van der Waals surface area contributed by atoms with Crippen LogP contribution in [0.3, 0.4) is 0 Å². The summed E-state index contributed by atoms with van der Waals surface area (Å²) >= 11 is 2.01. The van der Waals surface area contributed by atoms with Gasteiger partial charge in [0.2, 0.25) is 0 Å². The van der Waals surface area contributed by atoms with E-state index in [2.05, 4.69) is 22.5 Å². The largest absolute Gasteiger partial charge is 0.357 e. The van der Waals surface area contributed by atoms with Gasteiger partial charge in [0.1, 0.15) is 0 Å². The molecule has 0 radical (unpaired) electrons. The first-order valence-corrected chi connectivity index (χ1v) is 10.6. The number of aliphatic imine (C=N–C) groups is 1. The number of rotatable bonds is 5. The van der Waals surface area contributed by atoms with Gasteiger partial charge in [-0.1, -0.05) is 0 Å². The van der Waals surface area contributed by atoms with E-state index in [-0.39, 0.29) is 10.7 Å². The van der Waals surface area contributed by atoms with Crippen LogP contribution in [-0.2, 0) is 9.84 Å². The van der Waals surface area contributed by atoms with Crippen molar-refractivity contribution < 1.29 is 8.42 Å². The maximum atomic E-state index is 11.5. The Morgan fingerprint density at radius 1 is 1.43 bits per heavy atom. The SMILES string of the molecule is CCNC(=NCC1(C)CCCS1)NCC1CCS(=O)(=O)C1. The Hall–Kier alpha value is -0.430. The second-order valence-corrected chi connectivity index (χ2v) is 10.2. The zero-order chi connectivity index (χ0) is 15.3. The van der Waals surface area contributed by atoms with Gasteiger partial charge in [-0.15, -0.1) is 0 Å². The van der Waals surface area contributed by atoms with Crippen molar-refractivity contribution >= 4 is 27.6 Å². The molecule has 0 amide bonds. The molecule has 2 rings (SSSR count). The summed E-state index contributed by atoms with van der Waals surface area (Å²) in [5.74, 6) is 2.91. The van der Waals surface area contributed by atoms with Crippen LogP contribution in [0, 0.1) is 5.92 Å². The monoisotopic (exact) mass is 333 g/mol. The summed E-state index contributed by atoms with van der Waals surface area (Å²) in [7, 11) is -2.79. The second kappa shape index (κ2) is 7.22. The Labute approximate surface area is 132 Å². The minimum Gasteiger partial charge on any atom is -0.357 e. The Morgan fingerprint density at radius 2 is 2.24 bits per heavy atom. The van der Waals surface area contributed by atoms with Crippen molar-refractivity contribution in [3.8, 4) is 0 Å². The number of hydrogen-bond acceptors (Lipinski definition) is 4. The normalized spacial score (nSPS) is 32.3. The lowest BCUT2D eigenvalue weighted by atomic mass is 10.1. The summed E-state index contributed by atoms with van der Waals surface area (Å²) in [5, 5.41) is 6.56. The first-order valence-electron chi connectivity index (χ1n) is 7.79. The molecule has 2 aliphatic heterocycles. The minimum absolute atomic E-state index is 0.218. The lowest BCUT2D eigenvalue weighted by molar-refractivity contribution is 0.564. The highest BCUT2D eigenvalue weighted by Crippen LogP contribution is 2.37. The Kier molecular flexibility index (Phi) is 5.82. The number of guanidine groups is 1. The van der Waals surface area contributed by atoms with Gasteiger partial charge in [0.15, 0.2) is 15.8 Å². The molecule has 2 unspecified atom stereocenters. The fraction of sp³-hybridized carbons (Fsp3) is 0.929. The average Bonchev–Trinajstić information content (AvgIpc) is 3.00. The molecule has 0 aromatic rings. The molecule has 122 valence electrons. The molecule has 0 aliphatic carbocycles. The molecule has 0 saturated carbocycles. The maximum Gasteiger partial charge on any atom is 0.191 e. The summed E-state index contributed by atoms with van der Waals surface area (Å²) in [6, 6.07) is 0. The zero-order valence-electron chi connectivity index (χ0n) is 13.0. The van der Waals surface area contributed by atoms with E-state index in [1.165, 1.54) is 18.6 Å². The fourth-order valence-electron chi connectivity index (χ4n) is 2.82. The van der Waals surface area contributed by atoms with E-state index in [9.17, 15) is 8.42 Å². The Balaban J connectivity index is 1.84. The van der Waals surface area contributed by atoms with E-state index in [0.29, 0.717) is 18.1 Å². The van der Waals surface area contributed by atoms with Gasteiger partial charge in [-0.3, -0.25) is 4.99 Å². The fourth-order valence-corrected chi connectivity index (χ4v) is 5.91. The van der Waals surface area contributed by atoms with E-state index in [4.69, 9.17) is 0 Å². The average molecular weight is 334 g/mol. The van der Waals surface area contributed by atoms with Crippen LogP contribution in [0.5, 0.6) is 0 Å². The van der Waals surface area contributed by atoms with Gasteiger partial charge >= 0.3 is 0 Å². The van der Waals surface area contributed by atoms with Crippen molar-refractivity contribution in [1.82, 2.24) is 10.6 Å². The standard InChI is InChI=1S/C14H27N3O2S2/c1-3-15-13(17-11-14(2)6-4-7-20-14)16-9-12-5-8-21(18,19)10-12/h12H,3-11H2,1-2H3,(H2,15,16,17). The van der Waals surface area contributed by atoms with Crippen molar-refractivity contribution in [2.24, 2.45) is 10.9 Å². The van der Waals surface area contributed by atoms with Crippen LogP contribution in [0.1, 0.15) is 33.1 Å². The number of sulfone groups is 1. The van der Waals surface area contributed by atoms with Crippen LogP contribution >= 0.6 is 11.8 Å². The number of nitrogens with zero attached hydrogens (tertiary/aromatic N) is 1. The van der Waals surface area contributed by atoms with Crippen LogP contribution in [0.25, 0.3) is 0 Å². The van der Waals surface area contributed by atoms with Gasteiger partial charge in [0, 0.05) is 17.8 Å². The molecule has 2 aliphatic rings. The third-order valence-electron chi connectivity index (χ3n) is 4.10. The predicted molar refractivity (Wildman–Crippen MR) is 90.8 cm³/mol. The highest BCUT2D eigenvalue weighted by molar-refractivity contribution is 8.00. The molecule has 0 aromatic heterocycles. The summed E-state index contributed by atoms with van der Waals surface area (Å²) in [6.45, 7) is 6.65. The second-order valence-electron chi connectivity index (χ2n) is 6.25. The molecule has 0 spiro atoms. The van der Waals surface area contributed by atoms with Gasteiger partial charge < -0.3 is 10.6 Å². The van der Waals surface area contributed by atoms with Gasteiger partial charge in [-0.05, 0) is 44.8 Å². The van der Waals surface area contributed by atoms with Crippen LogP contribution in [-0.4, -0.2) is 56.0 Å². The van der Waals surface area contributed by atoms with Crippen LogP contribution in [0.4, 0.5) is 0 Å². The van der Waals surface area contributed by atoms with Crippen molar-refractivity contribution in [2.75, 3.05) is 36.9 Å². The van der Waals surface area contributed by atoms with E-state index < -0.39 is 9.84 Å². The summed E-state index contributed by atoms with van der Waals surface area (Å²) in [6.07, 6.45) is 3.27. The summed E-state index contributed by atoms with van der Waals surface area (Å²) < 4.78 is 23.2.